The van der Waals surface area contributed by atoms with Crippen LogP contribution in [0.5, 0.6) is 0 Å². The summed E-state index contributed by atoms with van der Waals surface area (Å²) in [5, 5.41) is 6.99. The predicted octanol–water partition coefficient (Wildman–Crippen LogP) is 5.10. The number of nitrogens with zero attached hydrogens (tertiary/aromatic N) is 1. The molecule has 26 heavy (non-hydrogen) atoms. The molecule has 2 heterocycles. The number of aromatic nitrogens is 1. The van der Waals surface area contributed by atoms with Gasteiger partial charge >= 0.3 is 0 Å². The number of rotatable bonds is 3. The number of benzene rings is 2. The zero-order valence-corrected chi connectivity index (χ0v) is 15.1. The molecular formula is C21H18N2O2S. The van der Waals surface area contributed by atoms with Gasteiger partial charge in [-0.25, -0.2) is 4.98 Å². The van der Waals surface area contributed by atoms with Crippen LogP contribution in [0, 0.1) is 0 Å². The fourth-order valence-corrected chi connectivity index (χ4v) is 4.81. The summed E-state index contributed by atoms with van der Waals surface area (Å²) in [5.74, 6) is -0.0493. The Bertz CT molecular complexity index is 1100. The first-order valence-corrected chi connectivity index (χ1v) is 9.76. The zero-order chi connectivity index (χ0) is 17.5. The van der Waals surface area contributed by atoms with Gasteiger partial charge in [-0.15, -0.1) is 11.3 Å². The van der Waals surface area contributed by atoms with E-state index in [1.54, 1.807) is 17.6 Å². The number of anilines is 1. The van der Waals surface area contributed by atoms with Crippen LogP contribution in [0.3, 0.4) is 0 Å². The van der Waals surface area contributed by atoms with E-state index in [0.29, 0.717) is 0 Å². The molecule has 5 heteroatoms. The first-order valence-electron chi connectivity index (χ1n) is 8.94. The highest BCUT2D eigenvalue weighted by molar-refractivity contribution is 7.15. The topological polar surface area (TPSA) is 55.1 Å². The third kappa shape index (κ3) is 2.69. The molecule has 1 amide bonds. The Morgan fingerprint density at radius 1 is 1.15 bits per heavy atom. The lowest BCUT2D eigenvalue weighted by Gasteiger charge is -2.06. The molecule has 2 aromatic carbocycles. The highest BCUT2D eigenvalue weighted by Gasteiger charge is 2.18. The lowest BCUT2D eigenvalue weighted by molar-refractivity contribution is -0.115. The summed E-state index contributed by atoms with van der Waals surface area (Å²) in [6.45, 7) is 0. The van der Waals surface area contributed by atoms with Gasteiger partial charge in [-0.3, -0.25) is 4.79 Å². The molecule has 4 nitrogen and oxygen atoms in total. The van der Waals surface area contributed by atoms with Gasteiger partial charge in [0, 0.05) is 15.8 Å². The Kier molecular flexibility index (Phi) is 3.75. The van der Waals surface area contributed by atoms with E-state index in [1.807, 2.05) is 24.3 Å². The largest absolute Gasteiger partial charge is 0.464 e. The third-order valence-corrected chi connectivity index (χ3v) is 6.06. The molecule has 4 aromatic rings. The standard InChI is InChI=1S/C21H18N2O2S/c24-19(23-21-22-16-7-3-4-8-18(16)26-21)11-14-12-25-17-10-9-13-5-1-2-6-15(13)20(14)17/h1-2,5-6,9-10,12H,3-4,7-8,11H2,(H,22,23,24). The van der Waals surface area contributed by atoms with E-state index in [4.69, 9.17) is 4.42 Å². The van der Waals surface area contributed by atoms with Gasteiger partial charge in [0.25, 0.3) is 0 Å². The molecule has 0 atom stereocenters. The molecule has 0 bridgehead atoms. The van der Waals surface area contributed by atoms with Gasteiger partial charge in [0.05, 0.1) is 18.4 Å². The van der Waals surface area contributed by atoms with Crippen molar-refractivity contribution in [2.75, 3.05) is 5.32 Å². The van der Waals surface area contributed by atoms with E-state index in [0.717, 1.165) is 51.0 Å². The molecule has 0 radical (unpaired) electrons. The maximum Gasteiger partial charge on any atom is 0.230 e. The van der Waals surface area contributed by atoms with E-state index in [2.05, 4.69) is 22.4 Å². The van der Waals surface area contributed by atoms with Crippen molar-refractivity contribution in [1.29, 1.82) is 0 Å². The predicted molar refractivity (Wildman–Crippen MR) is 105 cm³/mol. The smallest absolute Gasteiger partial charge is 0.230 e. The van der Waals surface area contributed by atoms with Crippen LogP contribution in [-0.2, 0) is 24.1 Å². The van der Waals surface area contributed by atoms with Crippen molar-refractivity contribution >= 4 is 44.1 Å². The highest BCUT2D eigenvalue weighted by atomic mass is 32.1. The van der Waals surface area contributed by atoms with Crippen LogP contribution in [0.25, 0.3) is 21.7 Å². The summed E-state index contributed by atoms with van der Waals surface area (Å²) in [7, 11) is 0. The number of hydrogen-bond donors (Lipinski definition) is 1. The maximum absolute atomic E-state index is 12.6. The monoisotopic (exact) mass is 362 g/mol. The van der Waals surface area contributed by atoms with Gasteiger partial charge in [-0.05, 0) is 42.5 Å². The van der Waals surface area contributed by atoms with Crippen LogP contribution in [0.15, 0.2) is 47.1 Å². The summed E-state index contributed by atoms with van der Waals surface area (Å²) in [6, 6.07) is 12.2. The molecule has 2 aromatic heterocycles. The Labute approximate surface area is 154 Å². The summed E-state index contributed by atoms with van der Waals surface area (Å²) in [6.07, 6.45) is 6.50. The normalized spacial score (nSPS) is 13.8. The Hall–Kier alpha value is -2.66. The average Bonchev–Trinajstić information content (AvgIpc) is 3.25. The zero-order valence-electron chi connectivity index (χ0n) is 14.2. The quantitative estimate of drug-likeness (QED) is 0.551. The second kappa shape index (κ2) is 6.25. The fourth-order valence-electron chi connectivity index (χ4n) is 3.75. The molecule has 0 fully saturated rings. The lowest BCUT2D eigenvalue weighted by Crippen LogP contribution is -2.14. The second-order valence-electron chi connectivity index (χ2n) is 6.74. The Balaban J connectivity index is 1.43. The molecule has 130 valence electrons. The van der Waals surface area contributed by atoms with Gasteiger partial charge in [-0.1, -0.05) is 30.3 Å². The molecule has 0 aliphatic heterocycles. The van der Waals surface area contributed by atoms with Crippen molar-refractivity contribution in [3.8, 4) is 0 Å². The summed E-state index contributed by atoms with van der Waals surface area (Å²) < 4.78 is 5.68. The van der Waals surface area contributed by atoms with Crippen molar-refractivity contribution in [3.05, 3.63) is 58.8 Å². The minimum absolute atomic E-state index is 0.0493. The number of aryl methyl sites for hydroxylation is 2. The highest BCUT2D eigenvalue weighted by Crippen LogP contribution is 2.31. The number of hydrogen-bond acceptors (Lipinski definition) is 4. The molecule has 1 N–H and O–H groups in total. The number of thiazole rings is 1. The number of nitrogens with one attached hydrogen (secondary N) is 1. The van der Waals surface area contributed by atoms with Crippen LogP contribution in [-0.4, -0.2) is 10.9 Å². The average molecular weight is 362 g/mol. The second-order valence-corrected chi connectivity index (χ2v) is 7.83. The van der Waals surface area contributed by atoms with Gasteiger partial charge in [0.2, 0.25) is 5.91 Å². The molecular weight excluding hydrogens is 344 g/mol. The van der Waals surface area contributed by atoms with E-state index in [-0.39, 0.29) is 12.3 Å². The van der Waals surface area contributed by atoms with E-state index >= 15 is 0 Å². The molecule has 5 rings (SSSR count). The van der Waals surface area contributed by atoms with Gasteiger partial charge in [-0.2, -0.15) is 0 Å². The van der Waals surface area contributed by atoms with Crippen molar-refractivity contribution in [1.82, 2.24) is 4.98 Å². The van der Waals surface area contributed by atoms with Gasteiger partial charge in [0.1, 0.15) is 5.58 Å². The van der Waals surface area contributed by atoms with E-state index < -0.39 is 0 Å². The number of fused-ring (bicyclic) bond motifs is 4. The number of amides is 1. The molecule has 1 aliphatic rings. The Morgan fingerprint density at radius 2 is 2.04 bits per heavy atom. The van der Waals surface area contributed by atoms with Crippen LogP contribution >= 0.6 is 11.3 Å². The van der Waals surface area contributed by atoms with Crippen molar-refractivity contribution in [2.24, 2.45) is 0 Å². The van der Waals surface area contributed by atoms with Gasteiger partial charge < -0.3 is 9.73 Å². The lowest BCUT2D eigenvalue weighted by atomic mass is 10.0. The Morgan fingerprint density at radius 3 is 2.96 bits per heavy atom. The molecule has 0 unspecified atom stereocenters. The SMILES string of the molecule is O=C(Cc1coc2ccc3ccccc3c12)Nc1nc2c(s1)CCCC2. The van der Waals surface area contributed by atoms with Crippen LogP contribution in [0.4, 0.5) is 5.13 Å². The van der Waals surface area contributed by atoms with Crippen molar-refractivity contribution < 1.29 is 9.21 Å². The van der Waals surface area contributed by atoms with Crippen LogP contribution in [0.2, 0.25) is 0 Å². The number of carbonyl (C=O) groups is 1. The molecule has 0 saturated carbocycles. The minimum Gasteiger partial charge on any atom is -0.464 e. The first kappa shape index (κ1) is 15.6. The summed E-state index contributed by atoms with van der Waals surface area (Å²) in [4.78, 5) is 18.5. The molecule has 1 aliphatic carbocycles. The van der Waals surface area contributed by atoms with Crippen LogP contribution < -0.4 is 5.32 Å². The van der Waals surface area contributed by atoms with Crippen molar-refractivity contribution in [2.45, 2.75) is 32.1 Å². The number of carbonyl (C=O) groups excluding carboxylic acids is 1. The van der Waals surface area contributed by atoms with E-state index in [1.165, 1.54) is 17.7 Å². The van der Waals surface area contributed by atoms with Crippen molar-refractivity contribution in [3.63, 3.8) is 0 Å². The first-order chi connectivity index (χ1) is 12.8. The van der Waals surface area contributed by atoms with E-state index in [9.17, 15) is 4.79 Å². The molecule has 0 spiro atoms. The minimum atomic E-state index is -0.0493. The number of furan rings is 1. The fraction of sp³-hybridized carbons (Fsp3) is 0.238. The van der Waals surface area contributed by atoms with Crippen LogP contribution in [0.1, 0.15) is 29.0 Å². The summed E-state index contributed by atoms with van der Waals surface area (Å²) >= 11 is 1.62. The summed E-state index contributed by atoms with van der Waals surface area (Å²) in [5.41, 5.74) is 2.89. The van der Waals surface area contributed by atoms with Gasteiger partial charge in [0.15, 0.2) is 5.13 Å². The third-order valence-electron chi connectivity index (χ3n) is 4.98. The molecule has 0 saturated heterocycles. The maximum atomic E-state index is 12.6.